The van der Waals surface area contributed by atoms with Crippen LogP contribution < -0.4 is 16.2 Å². The minimum Gasteiger partial charge on any atom is -0.323 e. The molecule has 0 saturated heterocycles. The number of benzene rings is 1. The van der Waals surface area contributed by atoms with E-state index in [9.17, 15) is 12.9 Å². The minimum atomic E-state index is -4.10. The van der Waals surface area contributed by atoms with E-state index in [4.69, 9.17) is 5.84 Å². The molecule has 1 aromatic rings. The molecule has 0 heterocycles. The predicted molar refractivity (Wildman–Crippen MR) is 45.7 cm³/mol. The average molecular weight is 205 g/mol. The van der Waals surface area contributed by atoms with E-state index in [1.54, 1.807) is 6.07 Å². The molecule has 0 saturated carbocycles. The number of anilines is 1. The van der Waals surface area contributed by atoms with Crippen LogP contribution in [0, 0.1) is 0 Å². The van der Waals surface area contributed by atoms with Crippen LogP contribution in [0.3, 0.4) is 0 Å². The number of rotatable bonds is 3. The number of hydrogen-bond acceptors (Lipinski definition) is 4. The zero-order chi connectivity index (χ0) is 9.90. The van der Waals surface area contributed by atoms with Gasteiger partial charge in [-0.2, -0.15) is 0 Å². The van der Waals surface area contributed by atoms with E-state index in [0.717, 1.165) is 0 Å². The molecule has 1 aromatic carbocycles. The largest absolute Gasteiger partial charge is 0.323 e. The van der Waals surface area contributed by atoms with Crippen molar-refractivity contribution in [1.82, 2.24) is 4.94 Å². The van der Waals surface area contributed by atoms with Crippen molar-refractivity contribution < 1.29 is 12.9 Å². The Hall–Kier alpha value is -1.18. The molecule has 0 bridgehead atoms. The molecule has 13 heavy (non-hydrogen) atoms. The smallest absolute Gasteiger partial charge is 0.268 e. The Labute approximate surface area is 74.7 Å². The molecule has 5 nitrogen and oxygen atoms in total. The normalized spacial score (nSPS) is 11.2. The van der Waals surface area contributed by atoms with Crippen LogP contribution in [-0.4, -0.2) is 8.42 Å². The summed E-state index contributed by atoms with van der Waals surface area (Å²) in [6.45, 7) is 0. The quantitative estimate of drug-likeness (QED) is 0.372. The van der Waals surface area contributed by atoms with Gasteiger partial charge in [-0.15, -0.1) is 4.48 Å². The lowest BCUT2D eigenvalue weighted by Gasteiger charge is -2.06. The minimum absolute atomic E-state index is 0.132. The molecule has 0 atom stereocenters. The number of nitrogens with one attached hydrogen (secondary N) is 2. The van der Waals surface area contributed by atoms with E-state index in [2.05, 4.69) is 5.43 Å². The highest BCUT2D eigenvalue weighted by atomic mass is 32.2. The van der Waals surface area contributed by atoms with E-state index in [-0.39, 0.29) is 10.6 Å². The highest BCUT2D eigenvalue weighted by Gasteiger charge is 2.16. The van der Waals surface area contributed by atoms with Gasteiger partial charge in [0.25, 0.3) is 10.0 Å². The van der Waals surface area contributed by atoms with Crippen LogP contribution in [0.25, 0.3) is 0 Å². The summed E-state index contributed by atoms with van der Waals surface area (Å²) in [5, 5.41) is 0. The second kappa shape index (κ2) is 3.69. The molecular formula is C6H8FN3O2S. The van der Waals surface area contributed by atoms with E-state index < -0.39 is 10.0 Å². The topological polar surface area (TPSA) is 84.2 Å². The number of nitrogens with two attached hydrogens (primary N) is 1. The maximum Gasteiger partial charge on any atom is 0.268 e. The fraction of sp³-hybridized carbons (Fsp3) is 0. The van der Waals surface area contributed by atoms with E-state index >= 15 is 0 Å². The van der Waals surface area contributed by atoms with Crippen molar-refractivity contribution in [1.29, 1.82) is 0 Å². The Morgan fingerprint density at radius 3 is 2.46 bits per heavy atom. The van der Waals surface area contributed by atoms with Crippen molar-refractivity contribution >= 4 is 15.7 Å². The molecular weight excluding hydrogens is 197 g/mol. The van der Waals surface area contributed by atoms with Crippen molar-refractivity contribution in [2.24, 2.45) is 5.84 Å². The lowest BCUT2D eigenvalue weighted by atomic mass is 10.3. The van der Waals surface area contributed by atoms with Crippen LogP contribution >= 0.6 is 0 Å². The number of nitrogen functional groups attached to an aromatic ring is 1. The highest BCUT2D eigenvalue weighted by molar-refractivity contribution is 7.89. The summed E-state index contributed by atoms with van der Waals surface area (Å²) in [6.07, 6.45) is 0. The van der Waals surface area contributed by atoms with Crippen molar-refractivity contribution in [3.63, 3.8) is 0 Å². The first-order chi connectivity index (χ1) is 6.11. The summed E-state index contributed by atoms with van der Waals surface area (Å²) in [5.41, 5.74) is 2.28. The van der Waals surface area contributed by atoms with Gasteiger partial charge in [-0.05, 0) is 17.1 Å². The first kappa shape index (κ1) is 9.90. The lowest BCUT2D eigenvalue weighted by molar-refractivity contribution is 0.425. The molecule has 72 valence electrons. The molecule has 0 aliphatic heterocycles. The molecule has 0 aliphatic rings. The van der Waals surface area contributed by atoms with Crippen LogP contribution in [0.5, 0.6) is 0 Å². The Bertz CT molecular complexity index is 393. The zero-order valence-electron chi connectivity index (χ0n) is 6.49. The summed E-state index contributed by atoms with van der Waals surface area (Å²) in [4.78, 5) is 0.473. The van der Waals surface area contributed by atoms with Crippen molar-refractivity contribution in [3.8, 4) is 0 Å². The van der Waals surface area contributed by atoms with E-state index in [0.29, 0.717) is 4.94 Å². The van der Waals surface area contributed by atoms with Gasteiger partial charge >= 0.3 is 0 Å². The molecule has 0 radical (unpaired) electrons. The summed E-state index contributed by atoms with van der Waals surface area (Å²) < 4.78 is 33.9. The third kappa shape index (κ3) is 1.94. The molecule has 0 aliphatic carbocycles. The number of hydrazine groups is 1. The zero-order valence-corrected chi connectivity index (χ0v) is 7.31. The Morgan fingerprint density at radius 1 is 1.31 bits per heavy atom. The molecule has 4 N–H and O–H groups in total. The van der Waals surface area contributed by atoms with E-state index in [1.165, 1.54) is 18.2 Å². The van der Waals surface area contributed by atoms with Gasteiger partial charge in [-0.1, -0.05) is 12.1 Å². The number of sulfonamides is 1. The fourth-order valence-electron chi connectivity index (χ4n) is 0.862. The Morgan fingerprint density at radius 2 is 1.92 bits per heavy atom. The van der Waals surface area contributed by atoms with Gasteiger partial charge in [-0.3, -0.25) is 5.84 Å². The molecule has 0 spiro atoms. The van der Waals surface area contributed by atoms with Crippen LogP contribution in [0.4, 0.5) is 10.2 Å². The van der Waals surface area contributed by atoms with Gasteiger partial charge in [0.05, 0.1) is 5.69 Å². The molecule has 0 unspecified atom stereocenters. The molecule has 0 aromatic heterocycles. The van der Waals surface area contributed by atoms with Crippen molar-refractivity contribution in [2.75, 3.05) is 5.43 Å². The molecule has 7 heteroatoms. The standard InChI is InChI=1S/C6H8FN3O2S/c7-10-13(11,12)6-4-2-1-3-5(6)9-8/h1-4,9-10H,8H2. The lowest BCUT2D eigenvalue weighted by Crippen LogP contribution is -2.18. The maximum absolute atomic E-state index is 11.9. The van der Waals surface area contributed by atoms with Crippen LogP contribution in [0.2, 0.25) is 0 Å². The van der Waals surface area contributed by atoms with Gasteiger partial charge in [0, 0.05) is 0 Å². The molecule has 1 rings (SSSR count). The van der Waals surface area contributed by atoms with Crippen LogP contribution in [0.1, 0.15) is 0 Å². The fourth-order valence-corrected chi connectivity index (χ4v) is 1.62. The van der Waals surface area contributed by atoms with Crippen LogP contribution in [-0.2, 0) is 10.0 Å². The predicted octanol–water partition coefficient (Wildman–Crippen LogP) is 0.135. The first-order valence-electron chi connectivity index (χ1n) is 3.30. The average Bonchev–Trinajstić information content (AvgIpc) is 2.18. The Kier molecular flexibility index (Phi) is 2.81. The van der Waals surface area contributed by atoms with Gasteiger partial charge in [0.1, 0.15) is 4.90 Å². The first-order valence-corrected chi connectivity index (χ1v) is 4.78. The third-order valence-electron chi connectivity index (χ3n) is 1.43. The van der Waals surface area contributed by atoms with Crippen LogP contribution in [0.15, 0.2) is 29.2 Å². The summed E-state index contributed by atoms with van der Waals surface area (Å²) >= 11 is 0. The summed E-state index contributed by atoms with van der Waals surface area (Å²) in [6, 6.07) is 5.69. The highest BCUT2D eigenvalue weighted by Crippen LogP contribution is 2.18. The Balaban J connectivity index is 3.29. The second-order valence-electron chi connectivity index (χ2n) is 2.22. The van der Waals surface area contributed by atoms with E-state index in [1.807, 2.05) is 0 Å². The van der Waals surface area contributed by atoms with Gasteiger partial charge in [-0.25, -0.2) is 8.42 Å². The van der Waals surface area contributed by atoms with Gasteiger partial charge in [0.15, 0.2) is 0 Å². The third-order valence-corrected chi connectivity index (χ3v) is 2.57. The maximum atomic E-state index is 11.9. The summed E-state index contributed by atoms with van der Waals surface area (Å²) in [7, 11) is -4.10. The SMILES string of the molecule is NNc1ccccc1S(=O)(=O)NF. The van der Waals surface area contributed by atoms with Gasteiger partial charge < -0.3 is 5.43 Å². The van der Waals surface area contributed by atoms with Crippen molar-refractivity contribution in [2.45, 2.75) is 4.90 Å². The van der Waals surface area contributed by atoms with Gasteiger partial charge in [0.2, 0.25) is 0 Å². The summed E-state index contributed by atoms with van der Waals surface area (Å²) in [5.74, 6) is 5.04. The number of para-hydroxylation sites is 1. The number of halogens is 1. The number of hydrogen-bond donors (Lipinski definition) is 3. The van der Waals surface area contributed by atoms with Crippen molar-refractivity contribution in [3.05, 3.63) is 24.3 Å². The molecule has 0 amide bonds. The molecule has 0 fully saturated rings. The second-order valence-corrected chi connectivity index (χ2v) is 3.82. The monoisotopic (exact) mass is 205 g/mol.